The molecule has 1 aromatic heterocycles. The molecule has 4 N–H and O–H groups in total. The minimum Gasteiger partial charge on any atom is -0.395 e. The first-order valence-electron chi connectivity index (χ1n) is 6.52. The lowest BCUT2D eigenvalue weighted by molar-refractivity contribution is 0.0944. The minimum atomic E-state index is -3.67. The highest BCUT2D eigenvalue weighted by Crippen LogP contribution is 2.28. The van der Waals surface area contributed by atoms with Gasteiger partial charge in [-0.3, -0.25) is 4.79 Å². The summed E-state index contributed by atoms with van der Waals surface area (Å²) < 4.78 is 25.3. The number of hydrogen-bond acceptors (Lipinski definition) is 6. The Kier molecular flexibility index (Phi) is 5.30. The van der Waals surface area contributed by atoms with E-state index in [0.29, 0.717) is 0 Å². The van der Waals surface area contributed by atoms with Gasteiger partial charge in [-0.2, -0.15) is 0 Å². The fourth-order valence-corrected chi connectivity index (χ4v) is 4.49. The predicted molar refractivity (Wildman–Crippen MR) is 83.5 cm³/mol. The lowest BCUT2D eigenvalue weighted by Crippen LogP contribution is -2.26. The van der Waals surface area contributed by atoms with E-state index in [9.17, 15) is 13.2 Å². The summed E-state index contributed by atoms with van der Waals surface area (Å²) in [6, 6.07) is 8.99. The van der Waals surface area contributed by atoms with Crippen LogP contribution in [0.4, 0.5) is 0 Å². The van der Waals surface area contributed by atoms with Gasteiger partial charge in [0.25, 0.3) is 5.91 Å². The SMILES string of the molecule is NCc1ccc(S(=O)(=O)c2cccc(C(=O)NCCO)c2)s1. The Bertz CT molecular complexity index is 769. The van der Waals surface area contributed by atoms with Crippen LogP contribution in [0, 0.1) is 0 Å². The van der Waals surface area contributed by atoms with Crippen molar-refractivity contribution in [2.75, 3.05) is 13.2 Å². The zero-order valence-electron chi connectivity index (χ0n) is 11.7. The first kappa shape index (κ1) is 16.6. The molecular formula is C14H16N2O4S2. The summed E-state index contributed by atoms with van der Waals surface area (Å²) in [5.74, 6) is -0.431. The van der Waals surface area contributed by atoms with Gasteiger partial charge in [-0.25, -0.2) is 8.42 Å². The smallest absolute Gasteiger partial charge is 0.251 e. The molecule has 0 aliphatic rings. The zero-order chi connectivity index (χ0) is 16.2. The monoisotopic (exact) mass is 340 g/mol. The molecule has 0 saturated heterocycles. The van der Waals surface area contributed by atoms with Gasteiger partial charge in [-0.05, 0) is 30.3 Å². The van der Waals surface area contributed by atoms with Gasteiger partial charge in [0.05, 0.1) is 11.5 Å². The molecule has 0 aliphatic carbocycles. The third kappa shape index (κ3) is 3.53. The van der Waals surface area contributed by atoms with Crippen LogP contribution in [0.15, 0.2) is 45.5 Å². The van der Waals surface area contributed by atoms with Crippen molar-refractivity contribution in [2.24, 2.45) is 5.73 Å². The molecule has 1 aromatic carbocycles. The minimum absolute atomic E-state index is 0.0505. The van der Waals surface area contributed by atoms with Gasteiger partial charge in [0, 0.05) is 23.5 Å². The number of aliphatic hydroxyl groups excluding tert-OH is 1. The molecule has 6 nitrogen and oxygen atoms in total. The maximum atomic E-state index is 12.5. The number of nitrogens with two attached hydrogens (primary N) is 1. The number of thiophene rings is 1. The Morgan fingerprint density at radius 2 is 2.05 bits per heavy atom. The summed E-state index contributed by atoms with van der Waals surface area (Å²) >= 11 is 1.12. The Morgan fingerprint density at radius 3 is 2.68 bits per heavy atom. The maximum absolute atomic E-state index is 12.5. The first-order chi connectivity index (χ1) is 10.5. The molecule has 118 valence electrons. The zero-order valence-corrected chi connectivity index (χ0v) is 13.3. The number of carbonyl (C=O) groups is 1. The number of sulfone groups is 1. The molecule has 0 bridgehead atoms. The fraction of sp³-hybridized carbons (Fsp3) is 0.214. The van der Waals surface area contributed by atoms with Gasteiger partial charge < -0.3 is 16.2 Å². The third-order valence-electron chi connectivity index (χ3n) is 2.91. The molecule has 0 unspecified atom stereocenters. The molecule has 2 aromatic rings. The molecule has 1 heterocycles. The summed E-state index contributed by atoms with van der Waals surface area (Å²) in [7, 11) is -3.67. The molecule has 1 amide bonds. The highest BCUT2D eigenvalue weighted by atomic mass is 32.2. The second-order valence-electron chi connectivity index (χ2n) is 4.44. The molecule has 2 rings (SSSR count). The van der Waals surface area contributed by atoms with Crippen molar-refractivity contribution in [2.45, 2.75) is 15.6 Å². The van der Waals surface area contributed by atoms with Crippen molar-refractivity contribution >= 4 is 27.1 Å². The van der Waals surface area contributed by atoms with Crippen LogP contribution in [0.1, 0.15) is 15.2 Å². The second kappa shape index (κ2) is 7.01. The van der Waals surface area contributed by atoms with E-state index in [1.54, 1.807) is 6.07 Å². The van der Waals surface area contributed by atoms with Crippen LogP contribution in [-0.4, -0.2) is 32.6 Å². The van der Waals surface area contributed by atoms with Crippen LogP contribution in [0.5, 0.6) is 0 Å². The summed E-state index contributed by atoms with van der Waals surface area (Å²) in [5.41, 5.74) is 5.72. The molecule has 0 atom stereocenters. The Hall–Kier alpha value is -1.74. The summed E-state index contributed by atoms with van der Waals surface area (Å²) in [6.45, 7) is 0.213. The third-order valence-corrected chi connectivity index (χ3v) is 6.26. The number of benzene rings is 1. The van der Waals surface area contributed by atoms with Crippen molar-refractivity contribution in [3.8, 4) is 0 Å². The van der Waals surface area contributed by atoms with Gasteiger partial charge in [0.2, 0.25) is 9.84 Å². The predicted octanol–water partition coefficient (Wildman–Crippen LogP) is 0.762. The molecule has 8 heteroatoms. The molecule has 0 radical (unpaired) electrons. The molecule has 0 spiro atoms. The van der Waals surface area contributed by atoms with Crippen molar-refractivity contribution in [1.29, 1.82) is 0 Å². The van der Waals surface area contributed by atoms with E-state index in [1.165, 1.54) is 30.3 Å². The Balaban J connectivity index is 2.33. The normalized spacial score (nSPS) is 11.4. The van der Waals surface area contributed by atoms with Crippen LogP contribution in [-0.2, 0) is 16.4 Å². The first-order valence-corrected chi connectivity index (χ1v) is 8.82. The summed E-state index contributed by atoms with van der Waals surface area (Å²) in [4.78, 5) is 12.7. The van der Waals surface area contributed by atoms with Crippen LogP contribution in [0.25, 0.3) is 0 Å². The highest BCUT2D eigenvalue weighted by molar-refractivity contribution is 7.93. The number of hydrogen-bond donors (Lipinski definition) is 3. The lowest BCUT2D eigenvalue weighted by atomic mass is 10.2. The summed E-state index contributed by atoms with van der Waals surface area (Å²) in [5, 5.41) is 11.2. The number of nitrogens with one attached hydrogen (secondary N) is 1. The van der Waals surface area contributed by atoms with Crippen LogP contribution in [0.3, 0.4) is 0 Å². The fourth-order valence-electron chi connectivity index (χ4n) is 1.80. The number of rotatable bonds is 6. The van der Waals surface area contributed by atoms with Crippen molar-refractivity contribution < 1.29 is 18.3 Å². The van der Waals surface area contributed by atoms with Crippen molar-refractivity contribution in [3.05, 3.63) is 46.8 Å². The van der Waals surface area contributed by atoms with Gasteiger partial charge >= 0.3 is 0 Å². The van der Waals surface area contributed by atoms with Crippen LogP contribution in [0.2, 0.25) is 0 Å². The molecule has 0 fully saturated rings. The second-order valence-corrected chi connectivity index (χ2v) is 7.78. The largest absolute Gasteiger partial charge is 0.395 e. The Morgan fingerprint density at radius 1 is 1.27 bits per heavy atom. The molecule has 0 aliphatic heterocycles. The molecule has 0 saturated carbocycles. The lowest BCUT2D eigenvalue weighted by Gasteiger charge is -2.06. The van der Waals surface area contributed by atoms with Crippen LogP contribution >= 0.6 is 11.3 Å². The van der Waals surface area contributed by atoms with Crippen molar-refractivity contribution in [1.82, 2.24) is 5.32 Å². The number of amides is 1. The molecular weight excluding hydrogens is 324 g/mol. The topological polar surface area (TPSA) is 109 Å². The summed E-state index contributed by atoms with van der Waals surface area (Å²) in [6.07, 6.45) is 0. The van der Waals surface area contributed by atoms with Gasteiger partial charge in [-0.15, -0.1) is 11.3 Å². The van der Waals surface area contributed by atoms with E-state index < -0.39 is 15.7 Å². The maximum Gasteiger partial charge on any atom is 0.251 e. The molecule has 22 heavy (non-hydrogen) atoms. The van der Waals surface area contributed by atoms with E-state index in [4.69, 9.17) is 10.8 Å². The highest BCUT2D eigenvalue weighted by Gasteiger charge is 2.21. The van der Waals surface area contributed by atoms with Gasteiger partial charge in [0.15, 0.2) is 0 Å². The van der Waals surface area contributed by atoms with Crippen molar-refractivity contribution in [3.63, 3.8) is 0 Å². The Labute approximate surface area is 132 Å². The average Bonchev–Trinajstić information content (AvgIpc) is 3.02. The average molecular weight is 340 g/mol. The van der Waals surface area contributed by atoms with E-state index in [2.05, 4.69) is 5.32 Å². The van der Waals surface area contributed by atoms with Crippen LogP contribution < -0.4 is 11.1 Å². The van der Waals surface area contributed by atoms with Gasteiger partial charge in [-0.1, -0.05) is 6.07 Å². The van der Waals surface area contributed by atoms with E-state index in [1.807, 2.05) is 0 Å². The quantitative estimate of drug-likeness (QED) is 0.719. The van der Waals surface area contributed by atoms with E-state index in [0.717, 1.165) is 16.2 Å². The standard InChI is InChI=1S/C14H16N2O4S2/c15-9-11-4-5-13(21-11)22(19,20)12-3-1-2-10(8-12)14(18)16-6-7-17/h1-5,8,17H,6-7,9,15H2,(H,16,18). The van der Waals surface area contributed by atoms with Gasteiger partial charge in [0.1, 0.15) is 4.21 Å². The number of aliphatic hydroxyl groups is 1. The van der Waals surface area contributed by atoms with E-state index >= 15 is 0 Å². The van der Waals surface area contributed by atoms with E-state index in [-0.39, 0.29) is 34.4 Å². The number of carbonyl (C=O) groups excluding carboxylic acids is 1.